The Balaban J connectivity index is 2.04. The molecule has 1 saturated heterocycles. The Hall–Kier alpha value is -0.860. The summed E-state index contributed by atoms with van der Waals surface area (Å²) in [5.74, 6) is 0. The molecular weight excluding hydrogens is 200 g/mol. The summed E-state index contributed by atoms with van der Waals surface area (Å²) in [5, 5.41) is 10.2. The van der Waals surface area contributed by atoms with Crippen molar-refractivity contribution in [1.82, 2.24) is 0 Å². The van der Waals surface area contributed by atoms with E-state index in [1.165, 1.54) is 11.1 Å². The summed E-state index contributed by atoms with van der Waals surface area (Å²) in [5.41, 5.74) is 2.08. The summed E-state index contributed by atoms with van der Waals surface area (Å²) in [4.78, 5) is 0. The average molecular weight is 220 g/mol. The number of benzene rings is 1. The second-order valence-electron chi connectivity index (χ2n) is 4.97. The van der Waals surface area contributed by atoms with Crippen LogP contribution in [0.25, 0.3) is 0 Å². The molecule has 0 bridgehead atoms. The Morgan fingerprint density at radius 2 is 2.31 bits per heavy atom. The van der Waals surface area contributed by atoms with Crippen LogP contribution in [0.4, 0.5) is 0 Å². The van der Waals surface area contributed by atoms with E-state index in [4.69, 9.17) is 4.74 Å². The maximum atomic E-state index is 10.2. The van der Waals surface area contributed by atoms with Gasteiger partial charge < -0.3 is 9.84 Å². The lowest BCUT2D eigenvalue weighted by Crippen LogP contribution is -2.40. The van der Waals surface area contributed by atoms with Crippen LogP contribution in [0.3, 0.4) is 0 Å². The molecule has 2 atom stereocenters. The minimum atomic E-state index is -0.406. The van der Waals surface area contributed by atoms with Gasteiger partial charge in [0, 0.05) is 13.0 Å². The number of aryl methyl sites for hydroxylation is 1. The zero-order chi connectivity index (χ0) is 11.6. The molecule has 2 heteroatoms. The second kappa shape index (κ2) is 4.56. The normalized spacial score (nSPS) is 26.9. The van der Waals surface area contributed by atoms with Gasteiger partial charge in [0.05, 0.1) is 11.7 Å². The molecule has 1 N–H and O–H groups in total. The molecule has 0 aromatic heterocycles. The van der Waals surface area contributed by atoms with E-state index in [-0.39, 0.29) is 5.60 Å². The van der Waals surface area contributed by atoms with Crippen molar-refractivity contribution < 1.29 is 9.84 Å². The van der Waals surface area contributed by atoms with Crippen molar-refractivity contribution in [2.24, 2.45) is 0 Å². The molecule has 0 spiro atoms. The van der Waals surface area contributed by atoms with Gasteiger partial charge in [-0.2, -0.15) is 0 Å². The Bertz CT molecular complexity index is 354. The molecule has 0 amide bonds. The number of hydrogen-bond donors (Lipinski definition) is 1. The van der Waals surface area contributed by atoms with E-state index in [1.54, 1.807) is 0 Å². The molecule has 1 fully saturated rings. The third kappa shape index (κ3) is 2.45. The molecule has 0 saturated carbocycles. The number of ether oxygens (including phenoxy) is 1. The van der Waals surface area contributed by atoms with Gasteiger partial charge in [-0.1, -0.05) is 29.8 Å². The van der Waals surface area contributed by atoms with Crippen molar-refractivity contribution >= 4 is 0 Å². The van der Waals surface area contributed by atoms with Crippen molar-refractivity contribution in [3.8, 4) is 0 Å². The second-order valence-corrected chi connectivity index (χ2v) is 4.97. The number of rotatable bonds is 3. The first-order valence-electron chi connectivity index (χ1n) is 5.98. The molecule has 1 aromatic rings. The van der Waals surface area contributed by atoms with Crippen LogP contribution in [-0.4, -0.2) is 23.4 Å². The van der Waals surface area contributed by atoms with Crippen LogP contribution in [0.15, 0.2) is 24.3 Å². The standard InChI is InChI=1S/C14H20O2/c1-11-5-3-6-12(9-11)10-13(15)14(2)7-4-8-16-14/h3,5-6,9,13,15H,4,7-8,10H2,1-2H3. The highest BCUT2D eigenvalue weighted by Crippen LogP contribution is 2.30. The number of aliphatic hydroxyl groups is 1. The minimum absolute atomic E-state index is 0.344. The Morgan fingerprint density at radius 1 is 1.50 bits per heavy atom. The van der Waals surface area contributed by atoms with Crippen LogP contribution in [0.1, 0.15) is 30.9 Å². The van der Waals surface area contributed by atoms with Gasteiger partial charge in [-0.15, -0.1) is 0 Å². The zero-order valence-electron chi connectivity index (χ0n) is 10.1. The summed E-state index contributed by atoms with van der Waals surface area (Å²) in [6.07, 6.45) is 2.29. The Labute approximate surface area is 97.3 Å². The topological polar surface area (TPSA) is 29.5 Å². The van der Waals surface area contributed by atoms with Crippen LogP contribution in [-0.2, 0) is 11.2 Å². The zero-order valence-corrected chi connectivity index (χ0v) is 10.1. The molecule has 0 radical (unpaired) electrons. The molecule has 0 aliphatic carbocycles. The minimum Gasteiger partial charge on any atom is -0.390 e. The number of hydrogen-bond acceptors (Lipinski definition) is 2. The molecule has 2 nitrogen and oxygen atoms in total. The molecule has 88 valence electrons. The molecule has 1 aromatic carbocycles. The van der Waals surface area contributed by atoms with Gasteiger partial charge in [0.25, 0.3) is 0 Å². The molecule has 2 rings (SSSR count). The van der Waals surface area contributed by atoms with Gasteiger partial charge in [0.2, 0.25) is 0 Å². The van der Waals surface area contributed by atoms with Crippen LogP contribution in [0, 0.1) is 6.92 Å². The van der Waals surface area contributed by atoms with Crippen LogP contribution >= 0.6 is 0 Å². The van der Waals surface area contributed by atoms with Crippen molar-refractivity contribution in [2.75, 3.05) is 6.61 Å². The van der Waals surface area contributed by atoms with Gasteiger partial charge in [-0.05, 0) is 32.3 Å². The molecule has 16 heavy (non-hydrogen) atoms. The predicted octanol–water partition coefficient (Wildman–Crippen LogP) is 2.47. The maximum Gasteiger partial charge on any atom is 0.0916 e. The Morgan fingerprint density at radius 3 is 2.94 bits per heavy atom. The van der Waals surface area contributed by atoms with Gasteiger partial charge in [-0.25, -0.2) is 0 Å². The lowest BCUT2D eigenvalue weighted by atomic mass is 9.90. The van der Waals surface area contributed by atoms with Crippen LogP contribution < -0.4 is 0 Å². The fourth-order valence-electron chi connectivity index (χ4n) is 2.34. The lowest BCUT2D eigenvalue weighted by Gasteiger charge is -2.29. The summed E-state index contributed by atoms with van der Waals surface area (Å²) in [7, 11) is 0. The van der Waals surface area contributed by atoms with E-state index in [0.29, 0.717) is 6.42 Å². The smallest absolute Gasteiger partial charge is 0.0916 e. The van der Waals surface area contributed by atoms with Gasteiger partial charge >= 0.3 is 0 Å². The predicted molar refractivity (Wildman–Crippen MR) is 64.5 cm³/mol. The van der Waals surface area contributed by atoms with E-state index in [0.717, 1.165) is 19.4 Å². The van der Waals surface area contributed by atoms with E-state index in [2.05, 4.69) is 25.1 Å². The third-order valence-corrected chi connectivity index (χ3v) is 3.47. The molecule has 1 aliphatic heterocycles. The third-order valence-electron chi connectivity index (χ3n) is 3.47. The molecule has 2 unspecified atom stereocenters. The fourth-order valence-corrected chi connectivity index (χ4v) is 2.34. The SMILES string of the molecule is Cc1cccc(CC(O)C2(C)CCCO2)c1. The first-order chi connectivity index (χ1) is 7.60. The summed E-state index contributed by atoms with van der Waals surface area (Å²) in [6.45, 7) is 4.87. The van der Waals surface area contributed by atoms with Gasteiger partial charge in [0.1, 0.15) is 0 Å². The first-order valence-corrected chi connectivity index (χ1v) is 5.98. The molecule has 1 aliphatic rings. The van der Waals surface area contributed by atoms with Crippen molar-refractivity contribution in [1.29, 1.82) is 0 Å². The maximum absolute atomic E-state index is 10.2. The number of aliphatic hydroxyl groups excluding tert-OH is 1. The van der Waals surface area contributed by atoms with Gasteiger partial charge in [-0.3, -0.25) is 0 Å². The highest BCUT2D eigenvalue weighted by molar-refractivity contribution is 5.23. The van der Waals surface area contributed by atoms with E-state index in [1.807, 2.05) is 13.0 Å². The van der Waals surface area contributed by atoms with E-state index >= 15 is 0 Å². The highest BCUT2D eigenvalue weighted by Gasteiger charge is 2.37. The average Bonchev–Trinajstić information content (AvgIpc) is 2.66. The highest BCUT2D eigenvalue weighted by atomic mass is 16.5. The Kier molecular flexibility index (Phi) is 3.31. The van der Waals surface area contributed by atoms with Crippen LogP contribution in [0.5, 0.6) is 0 Å². The fraction of sp³-hybridized carbons (Fsp3) is 0.571. The largest absolute Gasteiger partial charge is 0.390 e. The molecular formula is C14H20O2. The van der Waals surface area contributed by atoms with Gasteiger partial charge in [0.15, 0.2) is 0 Å². The first kappa shape index (κ1) is 11.6. The van der Waals surface area contributed by atoms with Crippen LogP contribution in [0.2, 0.25) is 0 Å². The summed E-state index contributed by atoms with van der Waals surface area (Å²) in [6, 6.07) is 8.30. The van der Waals surface area contributed by atoms with Crippen molar-refractivity contribution in [3.05, 3.63) is 35.4 Å². The monoisotopic (exact) mass is 220 g/mol. The lowest BCUT2D eigenvalue weighted by molar-refractivity contribution is -0.0768. The van der Waals surface area contributed by atoms with E-state index in [9.17, 15) is 5.11 Å². The van der Waals surface area contributed by atoms with Crippen molar-refractivity contribution in [3.63, 3.8) is 0 Å². The summed E-state index contributed by atoms with van der Waals surface area (Å²) < 4.78 is 5.65. The quantitative estimate of drug-likeness (QED) is 0.848. The molecule has 1 heterocycles. The summed E-state index contributed by atoms with van der Waals surface area (Å²) >= 11 is 0. The van der Waals surface area contributed by atoms with Crippen molar-refractivity contribution in [2.45, 2.75) is 44.8 Å². The van der Waals surface area contributed by atoms with E-state index < -0.39 is 6.10 Å².